The third-order valence-electron chi connectivity index (χ3n) is 4.20. The van der Waals surface area contributed by atoms with Gasteiger partial charge in [0, 0.05) is 18.1 Å². The predicted molar refractivity (Wildman–Crippen MR) is 67.1 cm³/mol. The lowest BCUT2D eigenvalue weighted by molar-refractivity contribution is -0.139. The fourth-order valence-corrected chi connectivity index (χ4v) is 3.02. The van der Waals surface area contributed by atoms with Crippen LogP contribution in [0.2, 0.25) is 0 Å². The van der Waals surface area contributed by atoms with Crippen LogP contribution in [0.15, 0.2) is 0 Å². The Morgan fingerprint density at radius 3 is 1.76 bits per heavy atom. The molecule has 0 radical (unpaired) electrons. The van der Waals surface area contributed by atoms with Crippen molar-refractivity contribution >= 4 is 5.97 Å². The first-order valence-electron chi connectivity index (χ1n) is 6.72. The fraction of sp³-hybridized carbons (Fsp3) is 0.923. The van der Waals surface area contributed by atoms with Crippen LogP contribution in [-0.2, 0) is 4.79 Å². The highest BCUT2D eigenvalue weighted by Gasteiger charge is 2.36. The Balaban J connectivity index is 1.86. The number of aliphatic carboxylic acids is 1. The van der Waals surface area contributed by atoms with E-state index in [1.807, 2.05) is 0 Å². The van der Waals surface area contributed by atoms with Gasteiger partial charge in [0.05, 0.1) is 6.54 Å². The van der Waals surface area contributed by atoms with Crippen molar-refractivity contribution in [3.8, 4) is 0 Å². The zero-order valence-electron chi connectivity index (χ0n) is 10.9. The molecular weight excluding hydrogens is 216 g/mol. The van der Waals surface area contributed by atoms with E-state index in [0.717, 1.165) is 12.8 Å². The summed E-state index contributed by atoms with van der Waals surface area (Å²) in [4.78, 5) is 15.5. The zero-order chi connectivity index (χ0) is 12.4. The molecular formula is C13H24N2O2. The third-order valence-corrected chi connectivity index (χ3v) is 4.20. The second-order valence-electron chi connectivity index (χ2n) is 5.72. The van der Waals surface area contributed by atoms with E-state index in [1.165, 1.54) is 25.7 Å². The van der Waals surface area contributed by atoms with E-state index in [9.17, 15) is 4.79 Å². The quantitative estimate of drug-likeness (QED) is 0.789. The van der Waals surface area contributed by atoms with Crippen LogP contribution >= 0.6 is 0 Å². The Morgan fingerprint density at radius 2 is 1.41 bits per heavy atom. The number of carboxylic acid groups (broad SMARTS) is 1. The van der Waals surface area contributed by atoms with Crippen molar-refractivity contribution in [2.45, 2.75) is 56.7 Å². The molecule has 17 heavy (non-hydrogen) atoms. The van der Waals surface area contributed by atoms with E-state index >= 15 is 0 Å². The van der Waals surface area contributed by atoms with Crippen molar-refractivity contribution in [2.24, 2.45) is 0 Å². The van der Waals surface area contributed by atoms with E-state index in [4.69, 9.17) is 5.11 Å². The molecule has 0 spiro atoms. The summed E-state index contributed by atoms with van der Waals surface area (Å²) in [6.45, 7) is 0.238. The van der Waals surface area contributed by atoms with Gasteiger partial charge in [0.25, 0.3) is 0 Å². The van der Waals surface area contributed by atoms with Crippen LogP contribution in [0.5, 0.6) is 0 Å². The largest absolute Gasteiger partial charge is 0.480 e. The highest BCUT2D eigenvalue weighted by molar-refractivity contribution is 5.69. The fourth-order valence-electron chi connectivity index (χ4n) is 3.02. The smallest absolute Gasteiger partial charge is 0.317 e. The van der Waals surface area contributed by atoms with E-state index < -0.39 is 5.97 Å². The topological polar surface area (TPSA) is 43.8 Å². The molecule has 2 aliphatic rings. The van der Waals surface area contributed by atoms with Crippen molar-refractivity contribution < 1.29 is 9.90 Å². The molecule has 0 heterocycles. The second-order valence-corrected chi connectivity index (χ2v) is 5.72. The minimum absolute atomic E-state index is 0.238. The lowest BCUT2D eigenvalue weighted by atomic mass is 9.89. The van der Waals surface area contributed by atoms with Crippen LogP contribution < -0.4 is 0 Å². The Morgan fingerprint density at radius 1 is 1.00 bits per heavy atom. The summed E-state index contributed by atoms with van der Waals surface area (Å²) < 4.78 is 0. The molecule has 0 amide bonds. The summed E-state index contributed by atoms with van der Waals surface area (Å²) >= 11 is 0. The average molecular weight is 240 g/mol. The first-order chi connectivity index (χ1) is 8.08. The van der Waals surface area contributed by atoms with Crippen LogP contribution in [0.25, 0.3) is 0 Å². The maximum Gasteiger partial charge on any atom is 0.317 e. The minimum Gasteiger partial charge on any atom is -0.480 e. The first kappa shape index (κ1) is 12.8. The van der Waals surface area contributed by atoms with Gasteiger partial charge in [-0.1, -0.05) is 0 Å². The maximum absolute atomic E-state index is 10.9. The zero-order valence-corrected chi connectivity index (χ0v) is 10.9. The number of rotatable bonds is 5. The lowest BCUT2D eigenvalue weighted by Gasteiger charge is -2.38. The Kier molecular flexibility index (Phi) is 4.05. The average Bonchev–Trinajstić information content (AvgIpc) is 3.09. The summed E-state index contributed by atoms with van der Waals surface area (Å²) in [7, 11) is 4.28. The number of hydrogen-bond acceptors (Lipinski definition) is 3. The molecule has 0 aromatic heterocycles. The Labute approximate surface area is 104 Å². The molecule has 2 fully saturated rings. The first-order valence-corrected chi connectivity index (χ1v) is 6.72. The molecule has 0 atom stereocenters. The van der Waals surface area contributed by atoms with Crippen molar-refractivity contribution in [3.63, 3.8) is 0 Å². The van der Waals surface area contributed by atoms with Crippen LogP contribution in [0.1, 0.15) is 38.5 Å². The highest BCUT2D eigenvalue weighted by Crippen LogP contribution is 2.34. The summed E-state index contributed by atoms with van der Waals surface area (Å²) in [5, 5.41) is 8.98. The summed E-state index contributed by atoms with van der Waals surface area (Å²) in [5.74, 6) is -0.674. The maximum atomic E-state index is 10.9. The molecule has 2 rings (SSSR count). The van der Waals surface area contributed by atoms with E-state index in [2.05, 4.69) is 23.9 Å². The predicted octanol–water partition coefficient (Wildman–Crippen LogP) is 1.41. The summed E-state index contributed by atoms with van der Waals surface area (Å²) in [5.41, 5.74) is 0. The van der Waals surface area contributed by atoms with Gasteiger partial charge in [-0.15, -0.1) is 0 Å². The van der Waals surface area contributed by atoms with E-state index in [-0.39, 0.29) is 6.54 Å². The van der Waals surface area contributed by atoms with Crippen LogP contribution in [0.4, 0.5) is 0 Å². The highest BCUT2D eigenvalue weighted by atomic mass is 16.4. The molecule has 2 aliphatic carbocycles. The van der Waals surface area contributed by atoms with Gasteiger partial charge in [0.1, 0.15) is 0 Å². The van der Waals surface area contributed by atoms with E-state index in [1.54, 1.807) is 0 Å². The van der Waals surface area contributed by atoms with Gasteiger partial charge in [-0.3, -0.25) is 9.69 Å². The second kappa shape index (κ2) is 5.36. The van der Waals surface area contributed by atoms with Gasteiger partial charge in [-0.2, -0.15) is 0 Å². The third kappa shape index (κ3) is 3.42. The van der Waals surface area contributed by atoms with Crippen molar-refractivity contribution in [1.82, 2.24) is 9.80 Å². The lowest BCUT2D eigenvalue weighted by Crippen LogP contribution is -2.45. The molecule has 0 unspecified atom stereocenters. The van der Waals surface area contributed by atoms with Crippen LogP contribution in [-0.4, -0.2) is 59.6 Å². The standard InChI is InChI=1S/C13H24N2O2/c1-14(2)10-3-5-11(6-4-10)15(9-13(16)17)12-7-8-12/h10-12H,3-9H2,1-2H3,(H,16,17). The number of carboxylic acids is 1. The van der Waals surface area contributed by atoms with E-state index in [0.29, 0.717) is 18.1 Å². The van der Waals surface area contributed by atoms with Gasteiger partial charge >= 0.3 is 5.97 Å². The van der Waals surface area contributed by atoms with Gasteiger partial charge in [-0.05, 0) is 52.6 Å². The van der Waals surface area contributed by atoms with Crippen molar-refractivity contribution in [2.75, 3.05) is 20.6 Å². The van der Waals surface area contributed by atoms with Crippen molar-refractivity contribution in [1.29, 1.82) is 0 Å². The number of carbonyl (C=O) groups is 1. The molecule has 1 N–H and O–H groups in total. The van der Waals surface area contributed by atoms with Gasteiger partial charge in [0.15, 0.2) is 0 Å². The molecule has 0 saturated heterocycles. The normalized spacial score (nSPS) is 29.9. The minimum atomic E-state index is -0.674. The van der Waals surface area contributed by atoms with Crippen LogP contribution in [0.3, 0.4) is 0 Å². The Bertz CT molecular complexity index is 269. The molecule has 0 aromatic carbocycles. The number of nitrogens with zero attached hydrogens (tertiary/aromatic N) is 2. The van der Waals surface area contributed by atoms with Gasteiger partial charge in [0.2, 0.25) is 0 Å². The van der Waals surface area contributed by atoms with Gasteiger partial charge in [-0.25, -0.2) is 0 Å². The summed E-state index contributed by atoms with van der Waals surface area (Å²) in [6.07, 6.45) is 7.13. The molecule has 2 saturated carbocycles. The van der Waals surface area contributed by atoms with Crippen molar-refractivity contribution in [3.05, 3.63) is 0 Å². The molecule has 0 bridgehead atoms. The summed E-state index contributed by atoms with van der Waals surface area (Å²) in [6, 6.07) is 1.76. The molecule has 0 aliphatic heterocycles. The molecule has 0 aromatic rings. The van der Waals surface area contributed by atoms with Crippen LogP contribution in [0, 0.1) is 0 Å². The monoisotopic (exact) mass is 240 g/mol. The van der Waals surface area contributed by atoms with Gasteiger partial charge < -0.3 is 10.0 Å². The molecule has 98 valence electrons. The molecule has 4 nitrogen and oxygen atoms in total. The number of hydrogen-bond donors (Lipinski definition) is 1. The Hall–Kier alpha value is -0.610. The molecule has 4 heteroatoms. The SMILES string of the molecule is CN(C)C1CCC(N(CC(=O)O)C2CC2)CC1.